The molecule has 0 unspecified atom stereocenters. The van der Waals surface area contributed by atoms with Crippen LogP contribution in [0.15, 0.2) is 104 Å². The number of nitrogens with zero attached hydrogens (tertiary/aromatic N) is 5. The Morgan fingerprint density at radius 1 is 0.976 bits per heavy atom. The lowest BCUT2D eigenvalue weighted by molar-refractivity contribution is -0.113. The molecule has 5 aromatic rings. The average molecular weight is 547 g/mol. The Bertz CT molecular complexity index is 1680. The quantitative estimate of drug-likeness (QED) is 0.218. The Morgan fingerprint density at radius 2 is 1.71 bits per heavy atom. The number of fused-ring (bicyclic) bond motifs is 1. The van der Waals surface area contributed by atoms with Crippen molar-refractivity contribution in [3.63, 3.8) is 0 Å². The third kappa shape index (κ3) is 6.13. The number of carbonyl (C=O) groups is 1. The van der Waals surface area contributed by atoms with E-state index in [9.17, 15) is 4.79 Å². The molecular formula is C33H34N6O2. The summed E-state index contributed by atoms with van der Waals surface area (Å²) in [6, 6.07) is 25.7. The smallest absolute Gasteiger partial charge is 0.250 e. The van der Waals surface area contributed by atoms with Crippen molar-refractivity contribution in [2.45, 2.75) is 19.9 Å². The van der Waals surface area contributed by atoms with Crippen molar-refractivity contribution < 1.29 is 9.53 Å². The van der Waals surface area contributed by atoms with E-state index < -0.39 is 0 Å². The fourth-order valence-electron chi connectivity index (χ4n) is 4.45. The molecule has 0 bridgehead atoms. The largest absolute Gasteiger partial charge is 0.457 e. The van der Waals surface area contributed by atoms with Crippen LogP contribution in [0.1, 0.15) is 13.8 Å². The van der Waals surface area contributed by atoms with E-state index >= 15 is 0 Å². The van der Waals surface area contributed by atoms with E-state index in [4.69, 9.17) is 10.5 Å². The van der Waals surface area contributed by atoms with Gasteiger partial charge in [0.15, 0.2) is 5.65 Å². The van der Waals surface area contributed by atoms with Gasteiger partial charge in [-0.25, -0.2) is 9.97 Å². The summed E-state index contributed by atoms with van der Waals surface area (Å²) in [6.07, 6.45) is 6.98. The van der Waals surface area contributed by atoms with E-state index in [-0.39, 0.29) is 5.91 Å². The van der Waals surface area contributed by atoms with Crippen LogP contribution in [0, 0.1) is 0 Å². The molecule has 0 saturated carbocycles. The maximum Gasteiger partial charge on any atom is 0.250 e. The molecule has 8 heteroatoms. The van der Waals surface area contributed by atoms with Crippen molar-refractivity contribution >= 4 is 28.4 Å². The first-order valence-corrected chi connectivity index (χ1v) is 13.5. The van der Waals surface area contributed by atoms with Gasteiger partial charge in [0.05, 0.1) is 5.39 Å². The summed E-state index contributed by atoms with van der Waals surface area (Å²) in [4.78, 5) is 25.5. The minimum Gasteiger partial charge on any atom is -0.457 e. The number of hydrogen-bond acceptors (Lipinski definition) is 6. The van der Waals surface area contributed by atoms with Gasteiger partial charge < -0.3 is 24.8 Å². The zero-order chi connectivity index (χ0) is 28.9. The van der Waals surface area contributed by atoms with Crippen LogP contribution >= 0.6 is 0 Å². The highest BCUT2D eigenvalue weighted by molar-refractivity contribution is 6.02. The number of aromatic nitrogens is 3. The van der Waals surface area contributed by atoms with Gasteiger partial charge in [-0.3, -0.25) is 4.79 Å². The molecule has 0 aliphatic rings. The molecule has 0 aliphatic heterocycles. The van der Waals surface area contributed by atoms with Crippen LogP contribution < -0.4 is 15.4 Å². The van der Waals surface area contributed by atoms with Crippen LogP contribution in [0.3, 0.4) is 0 Å². The summed E-state index contributed by atoms with van der Waals surface area (Å²) >= 11 is 0. The number of para-hydroxylation sites is 1. The molecule has 0 radical (unpaired) electrons. The zero-order valence-corrected chi connectivity index (χ0v) is 23.7. The molecule has 2 heterocycles. The maximum absolute atomic E-state index is 12.9. The SMILES string of the molecule is CC(C)N(C)CC=CC(=O)N(C)c1cccc(-n2cc(-c3ccc(Oc4ccccc4)cc3)c3c(N)ncnc32)c1. The molecule has 0 spiro atoms. The first-order chi connectivity index (χ1) is 19.8. The van der Waals surface area contributed by atoms with E-state index in [0.29, 0.717) is 24.1 Å². The third-order valence-corrected chi connectivity index (χ3v) is 7.12. The van der Waals surface area contributed by atoms with Crippen molar-refractivity contribution in [2.24, 2.45) is 0 Å². The van der Waals surface area contributed by atoms with Gasteiger partial charge in [-0.15, -0.1) is 0 Å². The highest BCUT2D eigenvalue weighted by Gasteiger charge is 2.17. The number of carbonyl (C=O) groups excluding carboxylic acids is 1. The van der Waals surface area contributed by atoms with Crippen molar-refractivity contribution in [3.8, 4) is 28.3 Å². The average Bonchev–Trinajstić information content (AvgIpc) is 3.38. The van der Waals surface area contributed by atoms with E-state index in [0.717, 1.165) is 39.4 Å². The number of likely N-dealkylation sites (N-methyl/N-ethyl adjacent to an activating group) is 2. The first kappa shape index (κ1) is 27.6. The second kappa shape index (κ2) is 12.1. The third-order valence-electron chi connectivity index (χ3n) is 7.12. The Morgan fingerprint density at radius 3 is 2.44 bits per heavy atom. The van der Waals surface area contributed by atoms with E-state index in [1.807, 2.05) is 103 Å². The maximum atomic E-state index is 12.9. The van der Waals surface area contributed by atoms with Crippen LogP contribution in [-0.2, 0) is 4.79 Å². The molecule has 0 saturated heterocycles. The van der Waals surface area contributed by atoms with Gasteiger partial charge in [0.1, 0.15) is 23.6 Å². The molecule has 3 aromatic carbocycles. The zero-order valence-electron chi connectivity index (χ0n) is 23.7. The summed E-state index contributed by atoms with van der Waals surface area (Å²) in [5, 5.41) is 0.760. The number of hydrogen-bond donors (Lipinski definition) is 1. The van der Waals surface area contributed by atoms with Gasteiger partial charge >= 0.3 is 0 Å². The van der Waals surface area contributed by atoms with Crippen LogP contribution in [0.25, 0.3) is 27.8 Å². The molecule has 1 amide bonds. The van der Waals surface area contributed by atoms with Crippen LogP contribution in [-0.4, -0.2) is 52.0 Å². The number of rotatable bonds is 9. The fraction of sp³-hybridized carbons (Fsp3) is 0.182. The highest BCUT2D eigenvalue weighted by atomic mass is 16.5. The molecule has 41 heavy (non-hydrogen) atoms. The Balaban J connectivity index is 1.45. The monoisotopic (exact) mass is 546 g/mol. The summed E-state index contributed by atoms with van der Waals surface area (Å²) in [5.41, 5.74) is 10.5. The lowest BCUT2D eigenvalue weighted by Crippen LogP contribution is -2.27. The molecule has 0 aliphatic carbocycles. The van der Waals surface area contributed by atoms with Crippen molar-refractivity contribution in [1.82, 2.24) is 19.4 Å². The first-order valence-electron chi connectivity index (χ1n) is 13.5. The van der Waals surface area contributed by atoms with Crippen molar-refractivity contribution in [2.75, 3.05) is 31.3 Å². The normalized spacial score (nSPS) is 11.6. The number of amides is 1. The van der Waals surface area contributed by atoms with Crippen LogP contribution in [0.2, 0.25) is 0 Å². The minimum absolute atomic E-state index is 0.0956. The molecule has 5 rings (SSSR count). The molecule has 208 valence electrons. The highest BCUT2D eigenvalue weighted by Crippen LogP contribution is 2.36. The Labute approximate surface area is 240 Å². The molecule has 0 fully saturated rings. The molecular weight excluding hydrogens is 512 g/mol. The number of nitrogens with two attached hydrogens (primary N) is 1. The number of anilines is 2. The van der Waals surface area contributed by atoms with E-state index in [1.165, 1.54) is 6.33 Å². The predicted octanol–water partition coefficient (Wildman–Crippen LogP) is 6.32. The Hall–Kier alpha value is -4.95. The van der Waals surface area contributed by atoms with Gasteiger partial charge in [-0.1, -0.05) is 42.5 Å². The van der Waals surface area contributed by atoms with Crippen LogP contribution in [0.4, 0.5) is 11.5 Å². The molecule has 2 N–H and O–H groups in total. The standard InChI is InChI=1S/C33H34N6O2/c1-23(2)37(3)19-9-14-30(40)38(4)25-10-8-11-26(20-25)39-21-29(31-32(34)35-22-36-33(31)39)24-15-17-28(18-16-24)41-27-12-6-5-7-13-27/h5-18,20-23H,19H2,1-4H3,(H2,34,35,36). The van der Waals surface area contributed by atoms with Gasteiger partial charge in [0.25, 0.3) is 0 Å². The van der Waals surface area contributed by atoms with Gasteiger partial charge in [-0.05, 0) is 68.9 Å². The van der Waals surface area contributed by atoms with E-state index in [1.54, 1.807) is 18.0 Å². The number of benzene rings is 3. The predicted molar refractivity (Wildman–Crippen MR) is 166 cm³/mol. The second-order valence-corrected chi connectivity index (χ2v) is 10.2. The summed E-state index contributed by atoms with van der Waals surface area (Å²) in [7, 11) is 3.81. The van der Waals surface area contributed by atoms with E-state index in [2.05, 4.69) is 28.7 Å². The lowest BCUT2D eigenvalue weighted by Gasteiger charge is -2.19. The molecule has 2 aromatic heterocycles. The van der Waals surface area contributed by atoms with Gasteiger partial charge in [0.2, 0.25) is 5.91 Å². The fourth-order valence-corrected chi connectivity index (χ4v) is 4.45. The summed E-state index contributed by atoms with van der Waals surface area (Å²) in [6.45, 7) is 4.95. The van der Waals surface area contributed by atoms with Crippen molar-refractivity contribution in [3.05, 3.63) is 104 Å². The molecule has 0 atom stereocenters. The van der Waals surface area contributed by atoms with Gasteiger partial charge in [-0.2, -0.15) is 0 Å². The summed E-state index contributed by atoms with van der Waals surface area (Å²) < 4.78 is 7.94. The van der Waals surface area contributed by atoms with Crippen LogP contribution in [0.5, 0.6) is 11.5 Å². The van der Waals surface area contributed by atoms with Crippen molar-refractivity contribution in [1.29, 1.82) is 0 Å². The topological polar surface area (TPSA) is 89.5 Å². The summed E-state index contributed by atoms with van der Waals surface area (Å²) in [5.74, 6) is 1.81. The van der Waals surface area contributed by atoms with Gasteiger partial charge in [0, 0.05) is 48.8 Å². The number of ether oxygens (including phenoxy) is 1. The lowest BCUT2D eigenvalue weighted by atomic mass is 10.1. The Kier molecular flexibility index (Phi) is 8.12. The minimum atomic E-state index is -0.0956. The molecule has 8 nitrogen and oxygen atoms in total. The second-order valence-electron chi connectivity index (χ2n) is 10.2. The number of nitrogen functional groups attached to an aromatic ring is 1.